The van der Waals surface area contributed by atoms with Crippen LogP contribution in [0.2, 0.25) is 0 Å². The molecule has 0 radical (unpaired) electrons. The van der Waals surface area contributed by atoms with E-state index in [1.807, 2.05) is 24.3 Å². The third-order valence-electron chi connectivity index (χ3n) is 2.96. The largest absolute Gasteiger partial charge is 0.487 e. The third kappa shape index (κ3) is 3.61. The first-order chi connectivity index (χ1) is 9.50. The molecule has 0 fully saturated rings. The highest BCUT2D eigenvalue weighted by Gasteiger charge is 2.18. The van der Waals surface area contributed by atoms with Gasteiger partial charge in [0.25, 0.3) is 0 Å². The van der Waals surface area contributed by atoms with Crippen molar-refractivity contribution in [1.29, 1.82) is 0 Å². The molecule has 0 aliphatic rings. The van der Waals surface area contributed by atoms with Gasteiger partial charge in [-0.2, -0.15) is 0 Å². The Balaban J connectivity index is 2.07. The fourth-order valence-electron chi connectivity index (χ4n) is 2.00. The lowest BCUT2D eigenvalue weighted by Crippen LogP contribution is -2.13. The van der Waals surface area contributed by atoms with Gasteiger partial charge in [-0.1, -0.05) is 44.1 Å². The van der Waals surface area contributed by atoms with Crippen molar-refractivity contribution in [1.82, 2.24) is 5.16 Å². The normalized spacial score (nSPS) is 11.6. The zero-order chi connectivity index (χ0) is 14.6. The first kappa shape index (κ1) is 14.6. The molecule has 0 aliphatic carbocycles. The predicted octanol–water partition coefficient (Wildman–Crippen LogP) is 3.70. The molecular formula is C16H21NO3. The highest BCUT2D eigenvalue weighted by molar-refractivity contribution is 5.38. The van der Waals surface area contributed by atoms with Crippen LogP contribution in [0.25, 0.3) is 0 Å². The van der Waals surface area contributed by atoms with Gasteiger partial charge in [-0.25, -0.2) is 0 Å². The van der Waals surface area contributed by atoms with E-state index in [1.54, 1.807) is 7.11 Å². The van der Waals surface area contributed by atoms with Crippen LogP contribution in [0.4, 0.5) is 0 Å². The zero-order valence-corrected chi connectivity index (χ0v) is 12.5. The first-order valence-electron chi connectivity index (χ1n) is 6.66. The van der Waals surface area contributed by atoms with E-state index in [4.69, 9.17) is 14.0 Å². The molecule has 108 valence electrons. The fourth-order valence-corrected chi connectivity index (χ4v) is 2.00. The number of aromatic nitrogens is 1. The van der Waals surface area contributed by atoms with E-state index in [-0.39, 0.29) is 5.41 Å². The number of rotatable bonds is 5. The minimum atomic E-state index is 0.0433. The van der Waals surface area contributed by atoms with Gasteiger partial charge in [0.05, 0.1) is 0 Å². The molecule has 4 nitrogen and oxygen atoms in total. The van der Waals surface area contributed by atoms with Gasteiger partial charge in [-0.3, -0.25) is 0 Å². The van der Waals surface area contributed by atoms with Crippen molar-refractivity contribution < 1.29 is 14.0 Å². The Morgan fingerprint density at radius 3 is 2.60 bits per heavy atom. The monoisotopic (exact) mass is 275 g/mol. The maximum atomic E-state index is 5.88. The lowest BCUT2D eigenvalue weighted by molar-refractivity contribution is 0.155. The van der Waals surface area contributed by atoms with Crippen LogP contribution < -0.4 is 4.74 Å². The lowest BCUT2D eigenvalue weighted by atomic mass is 9.86. The molecule has 20 heavy (non-hydrogen) atoms. The second-order valence-electron chi connectivity index (χ2n) is 5.75. The van der Waals surface area contributed by atoms with Crippen LogP contribution in [0, 0.1) is 0 Å². The van der Waals surface area contributed by atoms with E-state index in [2.05, 4.69) is 32.0 Å². The van der Waals surface area contributed by atoms with Gasteiger partial charge in [0.15, 0.2) is 5.76 Å². The molecule has 1 aromatic heterocycles. The first-order valence-corrected chi connectivity index (χ1v) is 6.66. The molecule has 0 unspecified atom stereocenters. The molecule has 0 amide bonds. The zero-order valence-electron chi connectivity index (χ0n) is 12.5. The average molecular weight is 275 g/mol. The Labute approximate surface area is 119 Å². The molecule has 2 aromatic rings. The Hall–Kier alpha value is -1.81. The van der Waals surface area contributed by atoms with Crippen LogP contribution in [0.15, 0.2) is 34.9 Å². The third-order valence-corrected chi connectivity index (χ3v) is 2.96. The number of methoxy groups -OCH3 is 1. The Morgan fingerprint density at radius 2 is 1.90 bits per heavy atom. The number of hydrogen-bond donors (Lipinski definition) is 0. The summed E-state index contributed by atoms with van der Waals surface area (Å²) in [7, 11) is 1.62. The van der Waals surface area contributed by atoms with Crippen LogP contribution in [0.5, 0.6) is 5.75 Å². The van der Waals surface area contributed by atoms with Crippen LogP contribution in [-0.4, -0.2) is 12.3 Å². The van der Waals surface area contributed by atoms with Crippen molar-refractivity contribution in [3.63, 3.8) is 0 Å². The molecule has 0 saturated carbocycles. The number of ether oxygens (including phenoxy) is 2. The summed E-state index contributed by atoms with van der Waals surface area (Å²) >= 11 is 0. The fraction of sp³-hybridized carbons (Fsp3) is 0.438. The molecular weight excluding hydrogens is 254 g/mol. The van der Waals surface area contributed by atoms with Gasteiger partial charge in [0.2, 0.25) is 0 Å². The molecule has 0 bridgehead atoms. The van der Waals surface area contributed by atoms with Gasteiger partial charge in [-0.15, -0.1) is 0 Å². The van der Waals surface area contributed by atoms with E-state index >= 15 is 0 Å². The Morgan fingerprint density at radius 1 is 1.15 bits per heavy atom. The average Bonchev–Trinajstić information content (AvgIpc) is 2.84. The van der Waals surface area contributed by atoms with E-state index in [0.717, 1.165) is 11.4 Å². The van der Waals surface area contributed by atoms with Crippen molar-refractivity contribution in [3.8, 4) is 5.75 Å². The topological polar surface area (TPSA) is 44.5 Å². The van der Waals surface area contributed by atoms with Crippen molar-refractivity contribution in [3.05, 3.63) is 47.3 Å². The quantitative estimate of drug-likeness (QED) is 0.834. The van der Waals surface area contributed by atoms with Gasteiger partial charge < -0.3 is 14.0 Å². The summed E-state index contributed by atoms with van der Waals surface area (Å²) in [5, 5.41) is 3.96. The molecule has 0 aliphatic heterocycles. The van der Waals surface area contributed by atoms with Gasteiger partial charge in [0, 0.05) is 13.2 Å². The van der Waals surface area contributed by atoms with Crippen molar-refractivity contribution in [2.45, 2.75) is 39.4 Å². The molecule has 0 spiro atoms. The molecule has 0 N–H and O–H groups in total. The van der Waals surface area contributed by atoms with E-state index in [9.17, 15) is 0 Å². The highest BCUT2D eigenvalue weighted by Crippen LogP contribution is 2.31. The van der Waals surface area contributed by atoms with Crippen LogP contribution in [0.1, 0.15) is 37.8 Å². The summed E-state index contributed by atoms with van der Waals surface area (Å²) in [5.74, 6) is 1.59. The second-order valence-corrected chi connectivity index (χ2v) is 5.75. The Kier molecular flexibility index (Phi) is 4.45. The number of para-hydroxylation sites is 1. The maximum Gasteiger partial charge on any atom is 0.162 e. The van der Waals surface area contributed by atoms with Crippen LogP contribution in [0.3, 0.4) is 0 Å². The van der Waals surface area contributed by atoms with E-state index < -0.39 is 0 Å². The summed E-state index contributed by atoms with van der Waals surface area (Å²) in [6.07, 6.45) is 0. The summed E-state index contributed by atoms with van der Waals surface area (Å²) in [6.45, 7) is 7.32. The number of benzene rings is 1. The summed E-state index contributed by atoms with van der Waals surface area (Å²) in [6, 6.07) is 9.93. The van der Waals surface area contributed by atoms with Gasteiger partial charge >= 0.3 is 0 Å². The Bertz CT molecular complexity index is 555. The van der Waals surface area contributed by atoms with E-state index in [1.165, 1.54) is 5.56 Å². The van der Waals surface area contributed by atoms with Crippen LogP contribution >= 0.6 is 0 Å². The molecule has 0 atom stereocenters. The summed E-state index contributed by atoms with van der Waals surface area (Å²) < 4.78 is 16.0. The molecule has 1 heterocycles. The smallest absolute Gasteiger partial charge is 0.162 e. The SMILES string of the molecule is COCc1cc(COc2ccccc2C(C)(C)C)no1. The minimum Gasteiger partial charge on any atom is -0.487 e. The summed E-state index contributed by atoms with van der Waals surface area (Å²) in [4.78, 5) is 0. The molecule has 1 aromatic carbocycles. The molecule has 0 saturated heterocycles. The lowest BCUT2D eigenvalue weighted by Gasteiger charge is -2.22. The minimum absolute atomic E-state index is 0.0433. The van der Waals surface area contributed by atoms with E-state index in [0.29, 0.717) is 19.0 Å². The van der Waals surface area contributed by atoms with Crippen molar-refractivity contribution in [2.24, 2.45) is 0 Å². The van der Waals surface area contributed by atoms with Crippen molar-refractivity contribution in [2.75, 3.05) is 7.11 Å². The molecule has 2 rings (SSSR count). The summed E-state index contributed by atoms with van der Waals surface area (Å²) in [5.41, 5.74) is 1.99. The number of nitrogens with zero attached hydrogens (tertiary/aromatic N) is 1. The maximum absolute atomic E-state index is 5.88. The number of hydrogen-bond acceptors (Lipinski definition) is 4. The standard InChI is InChI=1S/C16H21NO3/c1-16(2,3)14-7-5-6-8-15(14)19-10-12-9-13(11-18-4)20-17-12/h5-9H,10-11H2,1-4H3. The van der Waals surface area contributed by atoms with Gasteiger partial charge in [-0.05, 0) is 17.0 Å². The van der Waals surface area contributed by atoms with Crippen molar-refractivity contribution >= 4 is 0 Å². The van der Waals surface area contributed by atoms with Gasteiger partial charge in [0.1, 0.15) is 24.7 Å². The highest BCUT2D eigenvalue weighted by atomic mass is 16.5. The van der Waals surface area contributed by atoms with Crippen LogP contribution in [-0.2, 0) is 23.4 Å². The predicted molar refractivity (Wildman–Crippen MR) is 76.7 cm³/mol. The molecule has 4 heteroatoms. The second kappa shape index (κ2) is 6.09.